The van der Waals surface area contributed by atoms with Gasteiger partial charge in [0.15, 0.2) is 0 Å². The number of rotatable bonds is 9. The van der Waals surface area contributed by atoms with E-state index in [1.54, 1.807) is 12.1 Å². The molecule has 1 aromatic rings. The van der Waals surface area contributed by atoms with Crippen LogP contribution in [0.4, 0.5) is 0 Å². The summed E-state index contributed by atoms with van der Waals surface area (Å²) in [6.45, 7) is 2.83. The van der Waals surface area contributed by atoms with E-state index in [-0.39, 0.29) is 23.7 Å². The average molecular weight is 314 g/mol. The number of carbonyl (C=O) groups excluding carboxylic acids is 1. The summed E-state index contributed by atoms with van der Waals surface area (Å²) in [6, 6.07) is 6.15. The van der Waals surface area contributed by atoms with E-state index in [1.807, 2.05) is 6.92 Å². The Morgan fingerprint density at radius 3 is 2.71 bits per heavy atom. The van der Waals surface area contributed by atoms with Crippen LogP contribution in [0.5, 0.6) is 0 Å². The van der Waals surface area contributed by atoms with E-state index < -0.39 is 22.7 Å². The van der Waals surface area contributed by atoms with Gasteiger partial charge in [-0.1, -0.05) is 12.1 Å². The van der Waals surface area contributed by atoms with Crippen molar-refractivity contribution in [1.82, 2.24) is 0 Å². The van der Waals surface area contributed by atoms with Crippen LogP contribution in [0.3, 0.4) is 0 Å². The molecule has 0 fully saturated rings. The van der Waals surface area contributed by atoms with Crippen molar-refractivity contribution in [2.75, 3.05) is 25.6 Å². The van der Waals surface area contributed by atoms with E-state index in [9.17, 15) is 13.8 Å². The second-order valence-corrected chi connectivity index (χ2v) is 5.61. The van der Waals surface area contributed by atoms with Crippen molar-refractivity contribution in [1.29, 1.82) is 0 Å². The molecule has 0 amide bonds. The van der Waals surface area contributed by atoms with Crippen molar-refractivity contribution in [3.05, 3.63) is 35.4 Å². The van der Waals surface area contributed by atoms with E-state index in [0.717, 1.165) is 0 Å². The molecule has 0 radical (unpaired) electrons. The zero-order chi connectivity index (χ0) is 15.7. The van der Waals surface area contributed by atoms with Crippen LogP contribution < -0.4 is 0 Å². The van der Waals surface area contributed by atoms with Crippen LogP contribution in [0, 0.1) is 0 Å². The van der Waals surface area contributed by atoms with Gasteiger partial charge in [-0.05, 0) is 24.6 Å². The number of carboxylic acid groups (broad SMARTS) is 1. The van der Waals surface area contributed by atoms with Crippen molar-refractivity contribution in [2.45, 2.75) is 12.7 Å². The van der Waals surface area contributed by atoms with Gasteiger partial charge in [-0.2, -0.15) is 0 Å². The van der Waals surface area contributed by atoms with Gasteiger partial charge in [0.1, 0.15) is 12.4 Å². The highest BCUT2D eigenvalue weighted by molar-refractivity contribution is 7.84. The van der Waals surface area contributed by atoms with E-state index in [1.165, 1.54) is 12.1 Å². The normalized spacial score (nSPS) is 11.9. The Balaban J connectivity index is 2.41. The predicted octanol–water partition coefficient (Wildman–Crippen LogP) is 1.21. The first-order valence-corrected chi connectivity index (χ1v) is 7.92. The Hall–Kier alpha value is -1.73. The van der Waals surface area contributed by atoms with Crippen LogP contribution in [-0.4, -0.2) is 46.8 Å². The predicted molar refractivity (Wildman–Crippen MR) is 77.6 cm³/mol. The third-order valence-corrected chi connectivity index (χ3v) is 3.69. The molecule has 0 bridgehead atoms. The molecule has 7 heteroatoms. The molecule has 0 aliphatic heterocycles. The number of ether oxygens (including phenoxy) is 2. The van der Waals surface area contributed by atoms with Gasteiger partial charge >= 0.3 is 11.9 Å². The zero-order valence-electron chi connectivity index (χ0n) is 11.7. The van der Waals surface area contributed by atoms with Crippen LogP contribution in [0.2, 0.25) is 0 Å². The number of hydrogen-bond donors (Lipinski definition) is 1. The molecule has 21 heavy (non-hydrogen) atoms. The van der Waals surface area contributed by atoms with Gasteiger partial charge in [0.05, 0.1) is 12.2 Å². The number of aromatic carboxylic acids is 1. The molecule has 0 spiro atoms. The smallest absolute Gasteiger partial charge is 0.335 e. The highest BCUT2D eigenvalue weighted by Crippen LogP contribution is 2.08. The maximum absolute atomic E-state index is 11.8. The third kappa shape index (κ3) is 7.01. The average Bonchev–Trinajstić information content (AvgIpc) is 2.43. The number of benzene rings is 1. The highest BCUT2D eigenvalue weighted by Gasteiger charge is 2.11. The van der Waals surface area contributed by atoms with Gasteiger partial charge in [-0.15, -0.1) is 0 Å². The lowest BCUT2D eigenvalue weighted by Gasteiger charge is -2.05. The topological polar surface area (TPSA) is 89.9 Å². The summed E-state index contributed by atoms with van der Waals surface area (Å²) in [7, 11) is -1.44. The molecule has 0 heterocycles. The lowest BCUT2D eigenvalue weighted by atomic mass is 10.1. The van der Waals surface area contributed by atoms with E-state index in [0.29, 0.717) is 18.8 Å². The number of hydrogen-bond acceptors (Lipinski definition) is 5. The summed E-state index contributed by atoms with van der Waals surface area (Å²) in [4.78, 5) is 22.2. The molecule has 1 unspecified atom stereocenters. The Morgan fingerprint density at radius 1 is 1.29 bits per heavy atom. The molecule has 0 saturated carbocycles. The SMILES string of the molecule is CCOCCOC(=O)CS(=O)Cc1cccc(C(=O)O)c1. The van der Waals surface area contributed by atoms with Crippen LogP contribution in [-0.2, 0) is 30.8 Å². The third-order valence-electron chi connectivity index (χ3n) is 2.48. The lowest BCUT2D eigenvalue weighted by molar-refractivity contribution is -0.141. The van der Waals surface area contributed by atoms with Gasteiger partial charge in [0, 0.05) is 23.2 Å². The zero-order valence-corrected chi connectivity index (χ0v) is 12.6. The monoisotopic (exact) mass is 314 g/mol. The van der Waals surface area contributed by atoms with Gasteiger partial charge < -0.3 is 14.6 Å². The fourth-order valence-corrected chi connectivity index (χ4v) is 2.56. The Kier molecular flexibility index (Phi) is 7.63. The molecule has 1 N–H and O–H groups in total. The molecular weight excluding hydrogens is 296 g/mol. The van der Waals surface area contributed by atoms with Gasteiger partial charge in [-0.3, -0.25) is 9.00 Å². The summed E-state index contributed by atoms with van der Waals surface area (Å²) in [6.07, 6.45) is 0. The van der Waals surface area contributed by atoms with Gasteiger partial charge in [-0.25, -0.2) is 4.79 Å². The second-order valence-electron chi connectivity index (χ2n) is 4.15. The minimum Gasteiger partial charge on any atom is -0.478 e. The first-order chi connectivity index (χ1) is 10.0. The summed E-state index contributed by atoms with van der Waals surface area (Å²) >= 11 is 0. The lowest BCUT2D eigenvalue weighted by Crippen LogP contribution is -2.17. The van der Waals surface area contributed by atoms with Gasteiger partial charge in [0.25, 0.3) is 0 Å². The Morgan fingerprint density at radius 2 is 2.05 bits per heavy atom. The van der Waals surface area contributed by atoms with Crippen LogP contribution in [0.15, 0.2) is 24.3 Å². The van der Waals surface area contributed by atoms with Crippen molar-refractivity contribution in [2.24, 2.45) is 0 Å². The first-order valence-electron chi connectivity index (χ1n) is 6.43. The molecular formula is C14H18O6S. The van der Waals surface area contributed by atoms with Crippen molar-refractivity contribution in [3.63, 3.8) is 0 Å². The maximum Gasteiger partial charge on any atom is 0.335 e. The Bertz CT molecular complexity index is 514. The first kappa shape index (κ1) is 17.3. The number of carbonyl (C=O) groups is 2. The van der Waals surface area contributed by atoms with Crippen molar-refractivity contribution in [3.8, 4) is 0 Å². The van der Waals surface area contributed by atoms with Crippen LogP contribution >= 0.6 is 0 Å². The largest absolute Gasteiger partial charge is 0.478 e. The maximum atomic E-state index is 11.8. The quantitative estimate of drug-likeness (QED) is 0.544. The molecule has 1 rings (SSSR count). The van der Waals surface area contributed by atoms with Crippen LogP contribution in [0.1, 0.15) is 22.8 Å². The molecule has 1 aromatic carbocycles. The molecule has 0 aromatic heterocycles. The fourth-order valence-electron chi connectivity index (χ4n) is 1.56. The van der Waals surface area contributed by atoms with Crippen LogP contribution in [0.25, 0.3) is 0 Å². The molecule has 0 aliphatic carbocycles. The Labute approximate surface area is 125 Å². The second kappa shape index (κ2) is 9.25. The summed E-state index contributed by atoms with van der Waals surface area (Å²) in [5, 5.41) is 8.87. The van der Waals surface area contributed by atoms with Crippen molar-refractivity contribution < 1.29 is 28.4 Å². The van der Waals surface area contributed by atoms with Crippen molar-refractivity contribution >= 4 is 22.7 Å². The van der Waals surface area contributed by atoms with Gasteiger partial charge in [0.2, 0.25) is 0 Å². The number of esters is 1. The molecule has 0 aliphatic rings. The number of carboxylic acids is 1. The minimum absolute atomic E-state index is 0.113. The summed E-state index contributed by atoms with van der Waals surface area (Å²) in [5.41, 5.74) is 0.735. The molecule has 1 atom stereocenters. The minimum atomic E-state index is -1.44. The molecule has 6 nitrogen and oxygen atoms in total. The van der Waals surface area contributed by atoms with E-state index in [2.05, 4.69) is 0 Å². The van der Waals surface area contributed by atoms with E-state index in [4.69, 9.17) is 14.6 Å². The summed E-state index contributed by atoms with van der Waals surface area (Å²) < 4.78 is 21.7. The standard InChI is InChI=1S/C14H18O6S/c1-2-19-6-7-20-13(15)10-21(18)9-11-4-3-5-12(8-11)14(16)17/h3-5,8H,2,6-7,9-10H2,1H3,(H,16,17). The summed E-state index contributed by atoms with van der Waals surface area (Å²) in [5.74, 6) is -1.70. The fraction of sp³-hybridized carbons (Fsp3) is 0.429. The van der Waals surface area contributed by atoms with E-state index >= 15 is 0 Å². The molecule has 116 valence electrons. The highest BCUT2D eigenvalue weighted by atomic mass is 32.2. The molecule has 0 saturated heterocycles.